The molecule has 0 saturated carbocycles. The number of aryl methyl sites for hydroxylation is 2. The van der Waals surface area contributed by atoms with Crippen molar-refractivity contribution in [1.82, 2.24) is 9.78 Å². The number of para-hydroxylation sites is 1. The first-order valence-electron chi connectivity index (χ1n) is 15.6. The van der Waals surface area contributed by atoms with Crippen LogP contribution in [0.4, 0.5) is 20.3 Å². The number of amides is 1. The van der Waals surface area contributed by atoms with Gasteiger partial charge in [-0.3, -0.25) is 9.69 Å². The topological polar surface area (TPSA) is 50.5 Å². The van der Waals surface area contributed by atoms with Crippen LogP contribution in [0, 0.1) is 25.5 Å². The minimum Gasteiger partial charge on any atom is -0.279 e. The number of rotatable bonds is 12. The van der Waals surface area contributed by atoms with Crippen molar-refractivity contribution in [2.75, 3.05) is 4.90 Å². The van der Waals surface area contributed by atoms with E-state index in [0.29, 0.717) is 52.4 Å². The third-order valence-corrected chi connectivity index (χ3v) is 7.86. The van der Waals surface area contributed by atoms with E-state index in [1.807, 2.05) is 69.5 Å². The highest BCUT2D eigenvalue weighted by Crippen LogP contribution is 2.41. The standard InChI is InChI=1S/C38H42F2N4O/c1-8-11-23-41-37-35(25(4)10-3)36(29-22-21-26(5)32(40)24-29)42-44(37)28(7)33(16-9-2)43(30-18-13-12-14-19-30)38(45)34-27(6)17-15-20-31(34)39/h12-24,28H,4,8-11H2,1-3,5-7H3/b33-16+,41-23-. The highest BCUT2D eigenvalue weighted by Gasteiger charge is 2.32. The van der Waals surface area contributed by atoms with Crippen LogP contribution in [0.3, 0.4) is 0 Å². The van der Waals surface area contributed by atoms with Gasteiger partial charge in [0, 0.05) is 28.7 Å². The average Bonchev–Trinajstić information content (AvgIpc) is 3.41. The van der Waals surface area contributed by atoms with Crippen molar-refractivity contribution in [2.45, 2.75) is 73.3 Å². The van der Waals surface area contributed by atoms with Crippen LogP contribution in [0.1, 0.15) is 86.5 Å². The molecule has 3 aromatic carbocycles. The molecule has 0 N–H and O–H groups in total. The molecule has 45 heavy (non-hydrogen) atoms. The monoisotopic (exact) mass is 608 g/mol. The quantitative estimate of drug-likeness (QED) is 0.150. The Morgan fingerprint density at radius 2 is 1.71 bits per heavy atom. The van der Waals surface area contributed by atoms with Crippen LogP contribution in [0.15, 0.2) is 90.1 Å². The number of halogens is 2. The fraction of sp³-hybridized carbons (Fsp3) is 0.289. The summed E-state index contributed by atoms with van der Waals surface area (Å²) in [4.78, 5) is 20.9. The van der Waals surface area contributed by atoms with Gasteiger partial charge in [0.1, 0.15) is 17.3 Å². The van der Waals surface area contributed by atoms with Crippen LogP contribution < -0.4 is 4.90 Å². The molecule has 1 atom stereocenters. The Balaban J connectivity index is 2.00. The molecule has 5 nitrogen and oxygen atoms in total. The van der Waals surface area contributed by atoms with Crippen molar-refractivity contribution in [2.24, 2.45) is 4.99 Å². The number of hydrogen-bond donors (Lipinski definition) is 0. The molecule has 0 aliphatic heterocycles. The van der Waals surface area contributed by atoms with E-state index in [0.717, 1.165) is 24.0 Å². The Morgan fingerprint density at radius 3 is 2.33 bits per heavy atom. The molecule has 0 radical (unpaired) electrons. The molecule has 4 aromatic rings. The molecule has 1 heterocycles. The molecule has 0 aliphatic rings. The first-order valence-corrected chi connectivity index (χ1v) is 15.6. The first kappa shape index (κ1) is 33.2. The van der Waals surface area contributed by atoms with Crippen LogP contribution in [-0.2, 0) is 0 Å². The summed E-state index contributed by atoms with van der Waals surface area (Å²) in [5.41, 5.74) is 5.02. The molecule has 1 amide bonds. The van der Waals surface area contributed by atoms with Crippen molar-refractivity contribution in [1.29, 1.82) is 0 Å². The van der Waals surface area contributed by atoms with E-state index in [-0.39, 0.29) is 11.4 Å². The second-order valence-corrected chi connectivity index (χ2v) is 11.1. The van der Waals surface area contributed by atoms with Crippen LogP contribution in [0.5, 0.6) is 0 Å². The lowest BCUT2D eigenvalue weighted by molar-refractivity contribution is 0.0987. The van der Waals surface area contributed by atoms with Gasteiger partial charge < -0.3 is 0 Å². The zero-order valence-corrected chi connectivity index (χ0v) is 27.1. The zero-order chi connectivity index (χ0) is 32.7. The number of nitrogens with zero attached hydrogens (tertiary/aromatic N) is 4. The second-order valence-electron chi connectivity index (χ2n) is 11.1. The first-order chi connectivity index (χ1) is 21.6. The highest BCUT2D eigenvalue weighted by molar-refractivity contribution is 6.09. The number of carbonyl (C=O) groups excluding carboxylic acids is 1. The summed E-state index contributed by atoms with van der Waals surface area (Å²) in [7, 11) is 0. The van der Waals surface area contributed by atoms with E-state index in [1.165, 1.54) is 12.1 Å². The predicted octanol–water partition coefficient (Wildman–Crippen LogP) is 10.6. The fourth-order valence-corrected chi connectivity index (χ4v) is 5.30. The van der Waals surface area contributed by atoms with Gasteiger partial charge in [0.05, 0.1) is 11.6 Å². The molecular weight excluding hydrogens is 566 g/mol. The molecule has 1 aromatic heterocycles. The number of allylic oxidation sites excluding steroid dienone is 3. The van der Waals surface area contributed by atoms with Crippen molar-refractivity contribution in [3.8, 4) is 11.3 Å². The Hall–Kier alpha value is -4.65. The Morgan fingerprint density at radius 1 is 0.978 bits per heavy atom. The maximum absolute atomic E-state index is 15.3. The Bertz CT molecular complexity index is 1720. The molecular formula is C38H42F2N4O. The van der Waals surface area contributed by atoms with Crippen molar-refractivity contribution < 1.29 is 13.6 Å². The number of aromatic nitrogens is 2. The van der Waals surface area contributed by atoms with Crippen LogP contribution in [-0.4, -0.2) is 21.9 Å². The van der Waals surface area contributed by atoms with Crippen molar-refractivity contribution in [3.63, 3.8) is 0 Å². The fourth-order valence-electron chi connectivity index (χ4n) is 5.30. The number of aliphatic imine (C=N–C) groups is 1. The van der Waals surface area contributed by atoms with Gasteiger partial charge in [-0.2, -0.15) is 5.10 Å². The molecule has 0 fully saturated rings. The third-order valence-electron chi connectivity index (χ3n) is 7.86. The van der Waals surface area contributed by atoms with Gasteiger partial charge in [-0.15, -0.1) is 0 Å². The van der Waals surface area contributed by atoms with E-state index in [4.69, 9.17) is 10.1 Å². The smallest absolute Gasteiger partial charge is 0.265 e. The van der Waals surface area contributed by atoms with Crippen LogP contribution in [0.2, 0.25) is 0 Å². The van der Waals surface area contributed by atoms with Crippen molar-refractivity contribution >= 4 is 29.2 Å². The molecule has 1 unspecified atom stereocenters. The summed E-state index contributed by atoms with van der Waals surface area (Å²) in [6, 6.07) is 18.4. The minimum atomic E-state index is -0.585. The summed E-state index contributed by atoms with van der Waals surface area (Å²) < 4.78 is 31.9. The SMILES string of the molecule is C=C(CC)c1c(-c2ccc(C)c(F)c2)nn(C(C)/C(=C\CC)N(C(=O)c2c(C)cccc2F)c2ccccc2)c1/N=C\CCC. The summed E-state index contributed by atoms with van der Waals surface area (Å²) in [6.45, 7) is 15.8. The summed E-state index contributed by atoms with van der Waals surface area (Å²) in [6.07, 6.45) is 6.73. The molecule has 234 valence electrons. The van der Waals surface area contributed by atoms with Gasteiger partial charge in [0.25, 0.3) is 5.91 Å². The number of unbranched alkanes of at least 4 members (excludes halogenated alkanes) is 1. The summed E-state index contributed by atoms with van der Waals surface area (Å²) in [5.74, 6) is -0.820. The van der Waals surface area contributed by atoms with E-state index in [9.17, 15) is 9.18 Å². The van der Waals surface area contributed by atoms with Gasteiger partial charge in [-0.05, 0) is 81.0 Å². The van der Waals surface area contributed by atoms with Gasteiger partial charge in [-0.1, -0.05) is 82.3 Å². The molecule has 4 rings (SSSR count). The number of hydrogen-bond acceptors (Lipinski definition) is 3. The molecule has 0 saturated heterocycles. The Labute approximate surface area is 265 Å². The van der Waals surface area contributed by atoms with Crippen LogP contribution >= 0.6 is 0 Å². The van der Waals surface area contributed by atoms with Crippen LogP contribution in [0.25, 0.3) is 16.8 Å². The van der Waals surface area contributed by atoms with E-state index in [2.05, 4.69) is 13.5 Å². The number of benzene rings is 3. The van der Waals surface area contributed by atoms with Crippen molar-refractivity contribution in [3.05, 3.63) is 119 Å². The summed E-state index contributed by atoms with van der Waals surface area (Å²) in [5, 5.41) is 5.07. The third kappa shape index (κ3) is 7.03. The van der Waals surface area contributed by atoms with Gasteiger partial charge in [0.2, 0.25) is 0 Å². The molecule has 0 bridgehead atoms. The highest BCUT2D eigenvalue weighted by atomic mass is 19.1. The second kappa shape index (κ2) is 14.9. The predicted molar refractivity (Wildman–Crippen MR) is 182 cm³/mol. The maximum Gasteiger partial charge on any atom is 0.265 e. The maximum atomic E-state index is 15.3. The lowest BCUT2D eigenvalue weighted by Crippen LogP contribution is -2.35. The Kier molecular flexibility index (Phi) is 11.0. The lowest BCUT2D eigenvalue weighted by Gasteiger charge is -2.31. The normalized spacial score (nSPS) is 12.5. The van der Waals surface area contributed by atoms with E-state index < -0.39 is 17.8 Å². The average molecular weight is 609 g/mol. The molecule has 0 aliphatic carbocycles. The number of anilines is 1. The minimum absolute atomic E-state index is 0.00748. The van der Waals surface area contributed by atoms with E-state index in [1.54, 1.807) is 41.6 Å². The zero-order valence-electron chi connectivity index (χ0n) is 27.1. The molecule has 0 spiro atoms. The summed E-state index contributed by atoms with van der Waals surface area (Å²) >= 11 is 0. The van der Waals surface area contributed by atoms with Gasteiger partial charge in [-0.25, -0.2) is 18.5 Å². The molecule has 7 heteroatoms. The lowest BCUT2D eigenvalue weighted by atomic mass is 9.99. The van der Waals surface area contributed by atoms with Gasteiger partial charge in [0.15, 0.2) is 5.82 Å². The number of carbonyl (C=O) groups is 1. The van der Waals surface area contributed by atoms with Gasteiger partial charge >= 0.3 is 0 Å². The van der Waals surface area contributed by atoms with E-state index >= 15 is 4.39 Å². The largest absolute Gasteiger partial charge is 0.279 e.